The van der Waals surface area contributed by atoms with Gasteiger partial charge in [0.2, 0.25) is 0 Å². The number of para-hydroxylation sites is 2. The van der Waals surface area contributed by atoms with Crippen LogP contribution in [0.3, 0.4) is 0 Å². The number of fused-ring (bicyclic) bond motifs is 1. The Morgan fingerprint density at radius 1 is 1.00 bits per heavy atom. The number of aromatic nitrogens is 1. The van der Waals surface area contributed by atoms with Crippen molar-refractivity contribution in [2.45, 2.75) is 0 Å². The Balaban J connectivity index is 2.11. The first-order chi connectivity index (χ1) is 9.25. The smallest absolute Gasteiger partial charge is 0.168 e. The molecule has 0 unspecified atom stereocenters. The van der Waals surface area contributed by atoms with Crippen LogP contribution in [-0.2, 0) is 0 Å². The lowest BCUT2D eigenvalue weighted by molar-refractivity contribution is 0.490. The van der Waals surface area contributed by atoms with Crippen molar-refractivity contribution in [1.82, 2.24) is 4.98 Å². The molecule has 0 aliphatic rings. The molecule has 2 N–H and O–H groups in total. The molecule has 0 fully saturated rings. The van der Waals surface area contributed by atoms with E-state index < -0.39 is 0 Å². The molecule has 0 aliphatic carbocycles. The van der Waals surface area contributed by atoms with E-state index in [-0.39, 0.29) is 0 Å². The molecule has 0 amide bonds. The van der Waals surface area contributed by atoms with E-state index >= 15 is 0 Å². The third-order valence-corrected chi connectivity index (χ3v) is 3.12. The van der Waals surface area contributed by atoms with Crippen LogP contribution in [0.2, 0.25) is 5.02 Å². The van der Waals surface area contributed by atoms with Crippen LogP contribution in [0.25, 0.3) is 10.9 Å². The second kappa shape index (κ2) is 4.78. The molecule has 1 aromatic heterocycles. The van der Waals surface area contributed by atoms with Gasteiger partial charge in [-0.25, -0.2) is 0 Å². The van der Waals surface area contributed by atoms with Gasteiger partial charge in [-0.1, -0.05) is 29.8 Å². The minimum absolute atomic E-state index is 0.473. The Labute approximate surface area is 115 Å². The van der Waals surface area contributed by atoms with Gasteiger partial charge in [0.1, 0.15) is 5.75 Å². The summed E-state index contributed by atoms with van der Waals surface area (Å²) >= 11 is 6.11. The van der Waals surface area contributed by atoms with Crippen molar-refractivity contribution < 1.29 is 4.74 Å². The van der Waals surface area contributed by atoms with Crippen molar-refractivity contribution in [3.8, 4) is 11.5 Å². The number of halogens is 1. The van der Waals surface area contributed by atoms with E-state index in [0.29, 0.717) is 22.2 Å². The van der Waals surface area contributed by atoms with Crippen LogP contribution < -0.4 is 10.5 Å². The van der Waals surface area contributed by atoms with Crippen molar-refractivity contribution in [1.29, 1.82) is 0 Å². The molecule has 3 aromatic rings. The topological polar surface area (TPSA) is 48.1 Å². The molecule has 0 radical (unpaired) electrons. The van der Waals surface area contributed by atoms with E-state index in [2.05, 4.69) is 4.98 Å². The summed E-state index contributed by atoms with van der Waals surface area (Å²) in [5.41, 5.74) is 7.26. The standard InChI is InChI=1S/C15H11ClN2O/c16-11-5-3-6-12(17)15(11)19-14-8-9-18-13-7-2-1-4-10(13)14/h1-9H,17H2. The Morgan fingerprint density at radius 3 is 2.68 bits per heavy atom. The number of ether oxygens (including phenoxy) is 1. The summed E-state index contributed by atoms with van der Waals surface area (Å²) in [4.78, 5) is 4.28. The third kappa shape index (κ3) is 2.20. The van der Waals surface area contributed by atoms with E-state index in [4.69, 9.17) is 22.1 Å². The molecule has 3 rings (SSSR count). The lowest BCUT2D eigenvalue weighted by Gasteiger charge is -2.11. The first-order valence-electron chi connectivity index (χ1n) is 5.81. The fourth-order valence-electron chi connectivity index (χ4n) is 1.90. The number of anilines is 1. The molecule has 0 saturated heterocycles. The van der Waals surface area contributed by atoms with Crippen LogP contribution in [0.5, 0.6) is 11.5 Å². The van der Waals surface area contributed by atoms with Gasteiger partial charge >= 0.3 is 0 Å². The Bertz CT molecular complexity index is 718. The van der Waals surface area contributed by atoms with Crippen molar-refractivity contribution in [3.05, 3.63) is 59.8 Å². The van der Waals surface area contributed by atoms with E-state index in [0.717, 1.165) is 10.9 Å². The summed E-state index contributed by atoms with van der Waals surface area (Å²) < 4.78 is 5.86. The largest absolute Gasteiger partial charge is 0.453 e. The van der Waals surface area contributed by atoms with Crippen LogP contribution in [0.15, 0.2) is 54.7 Å². The molecular weight excluding hydrogens is 260 g/mol. The van der Waals surface area contributed by atoms with Crippen LogP contribution in [0, 0.1) is 0 Å². The van der Waals surface area contributed by atoms with Gasteiger partial charge < -0.3 is 10.5 Å². The monoisotopic (exact) mass is 270 g/mol. The molecule has 0 atom stereocenters. The average Bonchev–Trinajstić information content (AvgIpc) is 2.43. The maximum Gasteiger partial charge on any atom is 0.168 e. The summed E-state index contributed by atoms with van der Waals surface area (Å²) in [6.45, 7) is 0. The number of hydrogen-bond acceptors (Lipinski definition) is 3. The summed E-state index contributed by atoms with van der Waals surface area (Å²) in [6, 6.07) is 14.8. The number of nitrogen functional groups attached to an aromatic ring is 1. The number of benzene rings is 2. The predicted octanol–water partition coefficient (Wildman–Crippen LogP) is 4.26. The minimum Gasteiger partial charge on any atom is -0.453 e. The predicted molar refractivity (Wildman–Crippen MR) is 77.7 cm³/mol. The van der Waals surface area contributed by atoms with Crippen LogP contribution in [0.4, 0.5) is 5.69 Å². The van der Waals surface area contributed by atoms with E-state index in [1.54, 1.807) is 30.5 Å². The van der Waals surface area contributed by atoms with Crippen molar-refractivity contribution in [3.63, 3.8) is 0 Å². The second-order valence-electron chi connectivity index (χ2n) is 4.09. The summed E-state index contributed by atoms with van der Waals surface area (Å²) in [7, 11) is 0. The van der Waals surface area contributed by atoms with Gasteiger partial charge in [-0.3, -0.25) is 4.98 Å². The van der Waals surface area contributed by atoms with Gasteiger partial charge in [0, 0.05) is 11.6 Å². The normalized spacial score (nSPS) is 10.6. The number of pyridine rings is 1. The van der Waals surface area contributed by atoms with Gasteiger partial charge in [0.25, 0.3) is 0 Å². The maximum absolute atomic E-state index is 6.11. The summed E-state index contributed by atoms with van der Waals surface area (Å²) in [5, 5.41) is 1.41. The SMILES string of the molecule is Nc1cccc(Cl)c1Oc1ccnc2ccccc12. The second-order valence-corrected chi connectivity index (χ2v) is 4.49. The minimum atomic E-state index is 0.473. The highest BCUT2D eigenvalue weighted by Crippen LogP contribution is 2.36. The lowest BCUT2D eigenvalue weighted by Crippen LogP contribution is -1.93. The van der Waals surface area contributed by atoms with Crippen molar-refractivity contribution in [2.24, 2.45) is 0 Å². The molecule has 1 heterocycles. The molecule has 94 valence electrons. The Hall–Kier alpha value is -2.26. The Kier molecular flexibility index (Phi) is 2.97. The van der Waals surface area contributed by atoms with Gasteiger partial charge in [0.15, 0.2) is 5.75 Å². The fraction of sp³-hybridized carbons (Fsp3) is 0. The molecule has 0 aliphatic heterocycles. The molecular formula is C15H11ClN2O. The van der Waals surface area contributed by atoms with E-state index in [1.165, 1.54) is 0 Å². The van der Waals surface area contributed by atoms with Crippen LogP contribution in [-0.4, -0.2) is 4.98 Å². The number of rotatable bonds is 2. The maximum atomic E-state index is 6.11. The highest BCUT2D eigenvalue weighted by atomic mass is 35.5. The summed E-state index contributed by atoms with van der Waals surface area (Å²) in [6.07, 6.45) is 1.70. The highest BCUT2D eigenvalue weighted by molar-refractivity contribution is 6.32. The average molecular weight is 271 g/mol. The first-order valence-corrected chi connectivity index (χ1v) is 6.19. The molecule has 2 aromatic carbocycles. The Morgan fingerprint density at radius 2 is 1.84 bits per heavy atom. The molecule has 0 bridgehead atoms. The number of hydrogen-bond donors (Lipinski definition) is 1. The molecule has 0 spiro atoms. The fourth-order valence-corrected chi connectivity index (χ4v) is 2.12. The molecule has 3 nitrogen and oxygen atoms in total. The summed E-state index contributed by atoms with van der Waals surface area (Å²) in [5.74, 6) is 1.16. The zero-order valence-electron chi connectivity index (χ0n) is 10.0. The molecule has 4 heteroatoms. The lowest BCUT2D eigenvalue weighted by atomic mass is 10.2. The highest BCUT2D eigenvalue weighted by Gasteiger charge is 2.09. The van der Waals surface area contributed by atoms with Gasteiger partial charge in [-0.2, -0.15) is 0 Å². The number of nitrogens with two attached hydrogens (primary N) is 1. The quantitative estimate of drug-likeness (QED) is 0.708. The van der Waals surface area contributed by atoms with Crippen LogP contribution in [0.1, 0.15) is 0 Å². The molecule has 19 heavy (non-hydrogen) atoms. The zero-order chi connectivity index (χ0) is 13.2. The third-order valence-electron chi connectivity index (χ3n) is 2.82. The van der Waals surface area contributed by atoms with Crippen LogP contribution >= 0.6 is 11.6 Å². The van der Waals surface area contributed by atoms with E-state index in [9.17, 15) is 0 Å². The van der Waals surface area contributed by atoms with Crippen molar-refractivity contribution in [2.75, 3.05) is 5.73 Å². The van der Waals surface area contributed by atoms with Crippen molar-refractivity contribution >= 4 is 28.2 Å². The number of nitrogens with zero attached hydrogens (tertiary/aromatic N) is 1. The van der Waals surface area contributed by atoms with E-state index in [1.807, 2.05) is 24.3 Å². The zero-order valence-corrected chi connectivity index (χ0v) is 10.8. The molecule has 0 saturated carbocycles. The van der Waals surface area contributed by atoms with Gasteiger partial charge in [-0.05, 0) is 30.3 Å². The van der Waals surface area contributed by atoms with Gasteiger partial charge in [-0.15, -0.1) is 0 Å². The van der Waals surface area contributed by atoms with Gasteiger partial charge in [0.05, 0.1) is 16.2 Å². The first kappa shape index (κ1) is 11.8.